The van der Waals surface area contributed by atoms with Gasteiger partial charge in [0.05, 0.1) is 5.69 Å². The molecule has 0 saturated heterocycles. The van der Waals surface area contributed by atoms with Gasteiger partial charge in [-0.2, -0.15) is 0 Å². The average Bonchev–Trinajstić information content (AvgIpc) is 2.48. The summed E-state index contributed by atoms with van der Waals surface area (Å²) in [4.78, 5) is 22.9. The van der Waals surface area contributed by atoms with Crippen LogP contribution in [0.25, 0.3) is 10.8 Å². The van der Waals surface area contributed by atoms with Crippen molar-refractivity contribution in [1.29, 1.82) is 0 Å². The summed E-state index contributed by atoms with van der Waals surface area (Å²) in [6.07, 6.45) is 1.10. The molecule has 0 aliphatic heterocycles. The van der Waals surface area contributed by atoms with E-state index in [0.717, 1.165) is 11.6 Å². The number of ether oxygens (including phenoxy) is 2. The van der Waals surface area contributed by atoms with E-state index in [-0.39, 0.29) is 0 Å². The first-order chi connectivity index (χ1) is 10.5. The van der Waals surface area contributed by atoms with Gasteiger partial charge in [0.1, 0.15) is 5.75 Å². The van der Waals surface area contributed by atoms with Gasteiger partial charge < -0.3 is 14.8 Å². The second kappa shape index (κ2) is 6.30. The molecule has 0 amide bonds. The number of carbonyl (C=O) groups is 2. The molecule has 0 aliphatic rings. The summed E-state index contributed by atoms with van der Waals surface area (Å²) in [7, 11) is 1.69. The topological polar surface area (TPSA) is 64.6 Å². The maximum Gasteiger partial charge on any atom is 0.335 e. The number of nitrogens with one attached hydrogen (secondary N) is 1. The van der Waals surface area contributed by atoms with Crippen LogP contribution in [0, 0.1) is 6.92 Å². The van der Waals surface area contributed by atoms with Crippen molar-refractivity contribution < 1.29 is 19.1 Å². The SMILES string of the molecule is C=CC(=O)Oc1c(NC)cc(OC(C)=O)c2cc(C)ccc12. The van der Waals surface area contributed by atoms with Gasteiger partial charge in [0.2, 0.25) is 0 Å². The number of benzene rings is 2. The molecular formula is C17H17NO4. The molecule has 0 atom stereocenters. The summed E-state index contributed by atoms with van der Waals surface area (Å²) >= 11 is 0. The van der Waals surface area contributed by atoms with E-state index in [1.165, 1.54) is 6.92 Å². The minimum Gasteiger partial charge on any atom is -0.426 e. The second-order valence-electron chi connectivity index (χ2n) is 4.77. The summed E-state index contributed by atoms with van der Waals surface area (Å²) in [5, 5.41) is 4.31. The van der Waals surface area contributed by atoms with Crippen LogP contribution < -0.4 is 14.8 Å². The van der Waals surface area contributed by atoms with Crippen LogP contribution >= 0.6 is 0 Å². The fraction of sp³-hybridized carbons (Fsp3) is 0.176. The van der Waals surface area contributed by atoms with E-state index in [1.54, 1.807) is 13.1 Å². The van der Waals surface area contributed by atoms with Gasteiger partial charge in [-0.25, -0.2) is 4.79 Å². The summed E-state index contributed by atoms with van der Waals surface area (Å²) in [6.45, 7) is 6.67. The quantitative estimate of drug-likeness (QED) is 0.533. The van der Waals surface area contributed by atoms with Crippen molar-refractivity contribution in [2.45, 2.75) is 13.8 Å². The van der Waals surface area contributed by atoms with E-state index >= 15 is 0 Å². The molecule has 2 aromatic carbocycles. The molecule has 1 N–H and O–H groups in total. The Morgan fingerprint density at radius 1 is 1.18 bits per heavy atom. The number of aryl methyl sites for hydroxylation is 1. The number of esters is 2. The minimum absolute atomic E-state index is 0.373. The van der Waals surface area contributed by atoms with Crippen molar-refractivity contribution in [2.75, 3.05) is 12.4 Å². The molecule has 0 heterocycles. The monoisotopic (exact) mass is 299 g/mol. The van der Waals surface area contributed by atoms with Crippen molar-refractivity contribution in [3.05, 3.63) is 42.5 Å². The summed E-state index contributed by atoms with van der Waals surface area (Å²) in [5.74, 6) is -0.188. The lowest BCUT2D eigenvalue weighted by atomic mass is 10.0. The van der Waals surface area contributed by atoms with E-state index in [1.807, 2.05) is 25.1 Å². The summed E-state index contributed by atoms with van der Waals surface area (Å²) < 4.78 is 10.6. The van der Waals surface area contributed by atoms with Crippen LogP contribution in [0.15, 0.2) is 36.9 Å². The number of rotatable bonds is 4. The van der Waals surface area contributed by atoms with Gasteiger partial charge in [-0.15, -0.1) is 0 Å². The van der Waals surface area contributed by atoms with Gasteiger partial charge in [-0.3, -0.25) is 4.79 Å². The summed E-state index contributed by atoms with van der Waals surface area (Å²) in [6, 6.07) is 7.22. The lowest BCUT2D eigenvalue weighted by Gasteiger charge is -2.15. The highest BCUT2D eigenvalue weighted by molar-refractivity contribution is 6.01. The predicted molar refractivity (Wildman–Crippen MR) is 85.4 cm³/mol. The Bertz CT molecular complexity index is 765. The van der Waals surface area contributed by atoms with Crippen molar-refractivity contribution in [3.63, 3.8) is 0 Å². The van der Waals surface area contributed by atoms with Crippen LogP contribution in [0.4, 0.5) is 5.69 Å². The fourth-order valence-electron chi connectivity index (χ4n) is 2.16. The maximum atomic E-state index is 11.6. The van der Waals surface area contributed by atoms with Crippen molar-refractivity contribution in [3.8, 4) is 11.5 Å². The highest BCUT2D eigenvalue weighted by atomic mass is 16.5. The van der Waals surface area contributed by atoms with E-state index in [0.29, 0.717) is 28.0 Å². The maximum absolute atomic E-state index is 11.6. The Morgan fingerprint density at radius 3 is 2.50 bits per heavy atom. The zero-order chi connectivity index (χ0) is 16.3. The Kier molecular flexibility index (Phi) is 4.46. The molecule has 0 fully saturated rings. The fourth-order valence-corrected chi connectivity index (χ4v) is 2.16. The average molecular weight is 299 g/mol. The van der Waals surface area contributed by atoms with E-state index < -0.39 is 11.9 Å². The van der Waals surface area contributed by atoms with Gasteiger partial charge >= 0.3 is 11.9 Å². The van der Waals surface area contributed by atoms with Crippen LogP contribution in [0.1, 0.15) is 12.5 Å². The lowest BCUT2D eigenvalue weighted by molar-refractivity contribution is -0.132. The summed E-state index contributed by atoms with van der Waals surface area (Å²) in [5.41, 5.74) is 1.54. The molecule has 0 bridgehead atoms. The number of fused-ring (bicyclic) bond motifs is 1. The van der Waals surface area contributed by atoms with E-state index in [4.69, 9.17) is 9.47 Å². The van der Waals surface area contributed by atoms with Crippen molar-refractivity contribution in [2.24, 2.45) is 0 Å². The number of carbonyl (C=O) groups excluding carboxylic acids is 2. The molecule has 0 radical (unpaired) electrons. The molecule has 0 aromatic heterocycles. The largest absolute Gasteiger partial charge is 0.426 e. The highest BCUT2D eigenvalue weighted by Gasteiger charge is 2.17. The second-order valence-corrected chi connectivity index (χ2v) is 4.77. The highest BCUT2D eigenvalue weighted by Crippen LogP contribution is 2.40. The molecule has 0 unspecified atom stereocenters. The third-order valence-electron chi connectivity index (χ3n) is 3.10. The molecule has 114 valence electrons. The number of anilines is 1. The number of hydrogen-bond donors (Lipinski definition) is 1. The predicted octanol–water partition coefficient (Wildman–Crippen LogP) is 3.21. The molecular weight excluding hydrogens is 282 g/mol. The Labute approximate surface area is 128 Å². The van der Waals surface area contributed by atoms with Gasteiger partial charge in [0.15, 0.2) is 5.75 Å². The Morgan fingerprint density at radius 2 is 1.91 bits per heavy atom. The molecule has 5 heteroatoms. The van der Waals surface area contributed by atoms with Crippen LogP contribution in [0.2, 0.25) is 0 Å². The molecule has 5 nitrogen and oxygen atoms in total. The Balaban J connectivity index is 2.75. The van der Waals surface area contributed by atoms with E-state index in [2.05, 4.69) is 11.9 Å². The third-order valence-corrected chi connectivity index (χ3v) is 3.10. The first kappa shape index (κ1) is 15.6. The zero-order valence-corrected chi connectivity index (χ0v) is 12.7. The van der Waals surface area contributed by atoms with E-state index in [9.17, 15) is 9.59 Å². The number of hydrogen-bond acceptors (Lipinski definition) is 5. The lowest BCUT2D eigenvalue weighted by Crippen LogP contribution is -2.08. The molecule has 0 saturated carbocycles. The van der Waals surface area contributed by atoms with Crippen LogP contribution in [0.5, 0.6) is 11.5 Å². The molecule has 0 spiro atoms. The van der Waals surface area contributed by atoms with Gasteiger partial charge in [0.25, 0.3) is 0 Å². The Hall–Kier alpha value is -2.82. The van der Waals surface area contributed by atoms with Crippen LogP contribution in [0.3, 0.4) is 0 Å². The van der Waals surface area contributed by atoms with Crippen LogP contribution in [-0.2, 0) is 9.59 Å². The molecule has 0 aliphatic carbocycles. The first-order valence-corrected chi connectivity index (χ1v) is 6.74. The molecule has 2 aromatic rings. The minimum atomic E-state index is -0.557. The van der Waals surface area contributed by atoms with Gasteiger partial charge in [-0.1, -0.05) is 24.3 Å². The molecule has 2 rings (SSSR count). The normalized spacial score (nSPS) is 10.1. The smallest absolute Gasteiger partial charge is 0.335 e. The van der Waals surface area contributed by atoms with Crippen LogP contribution in [-0.4, -0.2) is 19.0 Å². The zero-order valence-electron chi connectivity index (χ0n) is 12.7. The molecule has 22 heavy (non-hydrogen) atoms. The van der Waals surface area contributed by atoms with Crippen molar-refractivity contribution in [1.82, 2.24) is 0 Å². The van der Waals surface area contributed by atoms with Crippen molar-refractivity contribution >= 4 is 28.4 Å². The standard InChI is InChI=1S/C17H17NO4/c1-5-16(20)22-17-12-7-6-10(2)8-13(12)15(21-11(3)19)9-14(17)18-4/h5-9,18H,1H2,2-4H3. The van der Waals surface area contributed by atoms with Gasteiger partial charge in [0, 0.05) is 36.9 Å². The first-order valence-electron chi connectivity index (χ1n) is 6.74. The van der Waals surface area contributed by atoms with Gasteiger partial charge in [-0.05, 0) is 13.0 Å². The third kappa shape index (κ3) is 3.09.